The van der Waals surface area contributed by atoms with E-state index in [1.54, 1.807) is 0 Å². The first-order chi connectivity index (χ1) is 12.4. The molecule has 1 N–H and O–H groups in total. The van der Waals surface area contributed by atoms with Crippen LogP contribution in [0.2, 0.25) is 0 Å². The number of nitrogens with zero attached hydrogens (tertiary/aromatic N) is 1. The van der Waals surface area contributed by atoms with Crippen molar-refractivity contribution in [3.8, 4) is 5.75 Å². The van der Waals surface area contributed by atoms with Gasteiger partial charge in [-0.1, -0.05) is 26.0 Å². The zero-order valence-corrected chi connectivity index (χ0v) is 16.5. The molecular formula is C22H30N2O2. The van der Waals surface area contributed by atoms with E-state index in [1.165, 1.54) is 11.3 Å². The molecular weight excluding hydrogens is 324 g/mol. The second-order valence-corrected chi connectivity index (χ2v) is 6.73. The van der Waals surface area contributed by atoms with Gasteiger partial charge in [0.05, 0.1) is 0 Å². The summed E-state index contributed by atoms with van der Waals surface area (Å²) in [5.41, 5.74) is 4.30. The van der Waals surface area contributed by atoms with Crippen LogP contribution in [-0.4, -0.2) is 25.6 Å². The van der Waals surface area contributed by atoms with Gasteiger partial charge in [-0.25, -0.2) is 0 Å². The number of benzene rings is 2. The normalized spacial score (nSPS) is 10.7. The second-order valence-electron chi connectivity index (χ2n) is 6.73. The van der Waals surface area contributed by atoms with Crippen molar-refractivity contribution >= 4 is 17.3 Å². The number of nitrogens with one attached hydrogen (secondary N) is 1. The van der Waals surface area contributed by atoms with Gasteiger partial charge in [0.15, 0.2) is 6.61 Å². The highest BCUT2D eigenvalue weighted by atomic mass is 16.5. The Morgan fingerprint density at radius 3 is 2.27 bits per heavy atom. The van der Waals surface area contributed by atoms with Gasteiger partial charge in [-0.15, -0.1) is 0 Å². The van der Waals surface area contributed by atoms with E-state index < -0.39 is 0 Å². The van der Waals surface area contributed by atoms with E-state index in [0.717, 1.165) is 24.3 Å². The minimum absolute atomic E-state index is 0.00172. The summed E-state index contributed by atoms with van der Waals surface area (Å²) in [6, 6.07) is 14.0. The van der Waals surface area contributed by atoms with Gasteiger partial charge in [-0.2, -0.15) is 0 Å². The lowest BCUT2D eigenvalue weighted by Crippen LogP contribution is -2.23. The van der Waals surface area contributed by atoms with Gasteiger partial charge in [0.2, 0.25) is 0 Å². The van der Waals surface area contributed by atoms with E-state index in [4.69, 9.17) is 4.74 Å². The molecule has 0 saturated heterocycles. The molecule has 0 fully saturated rings. The lowest BCUT2D eigenvalue weighted by atomic mass is 10.0. The van der Waals surface area contributed by atoms with Crippen molar-refractivity contribution in [1.29, 1.82) is 0 Å². The molecule has 0 saturated carbocycles. The fraction of sp³-hybridized carbons (Fsp3) is 0.409. The van der Waals surface area contributed by atoms with Crippen molar-refractivity contribution in [3.05, 3.63) is 53.6 Å². The molecule has 0 radical (unpaired) electrons. The molecule has 2 rings (SSSR count). The quantitative estimate of drug-likeness (QED) is 0.727. The third-order valence-electron chi connectivity index (χ3n) is 4.53. The summed E-state index contributed by atoms with van der Waals surface area (Å²) >= 11 is 0. The van der Waals surface area contributed by atoms with E-state index in [2.05, 4.69) is 44.0 Å². The van der Waals surface area contributed by atoms with Crippen LogP contribution < -0.4 is 15.0 Å². The first-order valence-corrected chi connectivity index (χ1v) is 9.32. The van der Waals surface area contributed by atoms with Crippen LogP contribution >= 0.6 is 0 Å². The monoisotopic (exact) mass is 354 g/mol. The van der Waals surface area contributed by atoms with Crippen LogP contribution in [0.5, 0.6) is 5.75 Å². The van der Waals surface area contributed by atoms with E-state index in [-0.39, 0.29) is 12.5 Å². The third-order valence-corrected chi connectivity index (χ3v) is 4.53. The van der Waals surface area contributed by atoms with Crippen molar-refractivity contribution in [2.75, 3.05) is 29.9 Å². The Hall–Kier alpha value is -2.49. The molecule has 26 heavy (non-hydrogen) atoms. The van der Waals surface area contributed by atoms with Crippen LogP contribution in [0.25, 0.3) is 0 Å². The van der Waals surface area contributed by atoms with Gasteiger partial charge in [0.25, 0.3) is 5.91 Å². The highest BCUT2D eigenvalue weighted by molar-refractivity contribution is 5.92. The number of amides is 1. The van der Waals surface area contributed by atoms with Crippen LogP contribution in [0, 0.1) is 6.92 Å². The molecule has 4 nitrogen and oxygen atoms in total. The molecule has 0 aromatic heterocycles. The first kappa shape index (κ1) is 19.8. The fourth-order valence-corrected chi connectivity index (χ4v) is 2.86. The van der Waals surface area contributed by atoms with Gasteiger partial charge >= 0.3 is 0 Å². The summed E-state index contributed by atoms with van der Waals surface area (Å²) < 4.78 is 5.59. The van der Waals surface area contributed by atoms with Crippen molar-refractivity contribution < 1.29 is 9.53 Å². The predicted molar refractivity (Wildman–Crippen MR) is 109 cm³/mol. The lowest BCUT2D eigenvalue weighted by Gasteiger charge is -2.22. The maximum Gasteiger partial charge on any atom is 0.262 e. The van der Waals surface area contributed by atoms with Gasteiger partial charge in [0, 0.05) is 24.5 Å². The summed E-state index contributed by atoms with van der Waals surface area (Å²) in [5, 5.41) is 2.93. The van der Waals surface area contributed by atoms with Crippen LogP contribution in [0.3, 0.4) is 0 Å². The van der Waals surface area contributed by atoms with Crippen molar-refractivity contribution in [3.63, 3.8) is 0 Å². The molecule has 0 bridgehead atoms. The molecule has 0 heterocycles. The highest BCUT2D eigenvalue weighted by Crippen LogP contribution is 2.23. The predicted octanol–water partition coefficient (Wildman–Crippen LogP) is 4.98. The molecule has 0 atom stereocenters. The molecule has 0 aliphatic heterocycles. The largest absolute Gasteiger partial charge is 0.484 e. The smallest absolute Gasteiger partial charge is 0.262 e. The number of ether oxygens (including phenoxy) is 1. The number of rotatable bonds is 8. The van der Waals surface area contributed by atoms with Gasteiger partial charge in [-0.05, 0) is 68.1 Å². The van der Waals surface area contributed by atoms with E-state index >= 15 is 0 Å². The van der Waals surface area contributed by atoms with Gasteiger partial charge in [-0.3, -0.25) is 4.79 Å². The Balaban J connectivity index is 1.93. The average Bonchev–Trinajstić information content (AvgIpc) is 2.63. The Kier molecular flexibility index (Phi) is 7.07. The van der Waals surface area contributed by atoms with Crippen molar-refractivity contribution in [1.82, 2.24) is 0 Å². The maximum absolute atomic E-state index is 12.2. The molecule has 0 aliphatic carbocycles. The molecule has 2 aromatic carbocycles. The van der Waals surface area contributed by atoms with Gasteiger partial charge < -0.3 is 15.0 Å². The van der Waals surface area contributed by atoms with Gasteiger partial charge in [0.1, 0.15) is 5.75 Å². The maximum atomic E-state index is 12.2. The molecule has 0 spiro atoms. The molecule has 0 unspecified atom stereocenters. The van der Waals surface area contributed by atoms with Crippen molar-refractivity contribution in [2.45, 2.75) is 40.5 Å². The molecule has 0 aliphatic rings. The Bertz CT molecular complexity index is 719. The summed E-state index contributed by atoms with van der Waals surface area (Å²) in [4.78, 5) is 14.5. The van der Waals surface area contributed by atoms with Crippen LogP contribution in [0.4, 0.5) is 11.4 Å². The molecule has 1 amide bonds. The minimum atomic E-state index is -0.156. The lowest BCUT2D eigenvalue weighted by molar-refractivity contribution is -0.118. The number of hydrogen-bond acceptors (Lipinski definition) is 3. The second kappa shape index (κ2) is 9.27. The zero-order valence-electron chi connectivity index (χ0n) is 16.5. The number of hydrogen-bond donors (Lipinski definition) is 1. The van der Waals surface area contributed by atoms with Crippen LogP contribution in [-0.2, 0) is 4.79 Å². The zero-order chi connectivity index (χ0) is 19.1. The summed E-state index contributed by atoms with van der Waals surface area (Å²) in [5.74, 6) is 1.03. The SMILES string of the molecule is CCN(CC)c1ccc(NC(=O)COc2ccc(C(C)C)cc2)c(C)c1. The Morgan fingerprint density at radius 2 is 1.73 bits per heavy atom. The number of carbonyl (C=O) groups is 1. The summed E-state index contributed by atoms with van der Waals surface area (Å²) in [7, 11) is 0. The Labute approximate surface area is 157 Å². The van der Waals surface area contributed by atoms with Crippen molar-refractivity contribution in [2.24, 2.45) is 0 Å². The summed E-state index contributed by atoms with van der Waals surface area (Å²) in [6.45, 7) is 12.5. The Morgan fingerprint density at radius 1 is 1.08 bits per heavy atom. The topological polar surface area (TPSA) is 41.6 Å². The van der Waals surface area contributed by atoms with Crippen LogP contribution in [0.1, 0.15) is 44.7 Å². The number of aryl methyl sites for hydroxylation is 1. The van der Waals surface area contributed by atoms with E-state index in [1.807, 2.05) is 43.3 Å². The van der Waals surface area contributed by atoms with Crippen LogP contribution in [0.15, 0.2) is 42.5 Å². The standard InChI is InChI=1S/C22H30N2O2/c1-6-24(7-2)19-10-13-21(17(5)14-19)23-22(25)15-26-20-11-8-18(9-12-20)16(3)4/h8-14,16H,6-7,15H2,1-5H3,(H,23,25). The fourth-order valence-electron chi connectivity index (χ4n) is 2.86. The number of carbonyl (C=O) groups excluding carboxylic acids is 1. The average molecular weight is 354 g/mol. The third kappa shape index (κ3) is 5.25. The first-order valence-electron chi connectivity index (χ1n) is 9.32. The highest BCUT2D eigenvalue weighted by Gasteiger charge is 2.09. The molecule has 140 valence electrons. The van der Waals surface area contributed by atoms with E-state index in [0.29, 0.717) is 11.7 Å². The molecule has 2 aromatic rings. The van der Waals surface area contributed by atoms with E-state index in [9.17, 15) is 4.79 Å². The summed E-state index contributed by atoms with van der Waals surface area (Å²) in [6.07, 6.45) is 0. The minimum Gasteiger partial charge on any atom is -0.484 e. The number of anilines is 2. The molecule has 4 heteroatoms.